The van der Waals surface area contributed by atoms with Gasteiger partial charge in [-0.1, -0.05) is 6.92 Å². The third-order valence-electron chi connectivity index (χ3n) is 1.70. The van der Waals surface area contributed by atoms with Crippen molar-refractivity contribution in [2.45, 2.75) is 37.2 Å². The highest BCUT2D eigenvalue weighted by Gasteiger charge is 2.12. The number of hydrogen-bond donors (Lipinski definition) is 2. The standard InChI is InChI=1S/C10H15F2N5S/c1-4-5-13-8-15-9(14-6(2)3)17-10(16-8)18-7(11)12/h2,6-7H,4-5H2,1,3H3,(H2,13,14,15,16,17). The number of halogens is 2. The fourth-order valence-electron chi connectivity index (χ4n) is 1.07. The van der Waals surface area contributed by atoms with Crippen molar-refractivity contribution in [2.24, 2.45) is 0 Å². The van der Waals surface area contributed by atoms with Crippen LogP contribution in [0.1, 0.15) is 20.3 Å². The van der Waals surface area contributed by atoms with Crippen LogP contribution in [0.15, 0.2) is 5.16 Å². The predicted molar refractivity (Wildman–Crippen MR) is 67.9 cm³/mol. The molecule has 1 heterocycles. The van der Waals surface area contributed by atoms with Gasteiger partial charge in [-0.25, -0.2) is 0 Å². The highest BCUT2D eigenvalue weighted by molar-refractivity contribution is 7.99. The molecule has 2 radical (unpaired) electrons. The average molecular weight is 275 g/mol. The maximum Gasteiger partial charge on any atom is 0.291 e. The van der Waals surface area contributed by atoms with Gasteiger partial charge in [-0.15, -0.1) is 0 Å². The molecule has 0 saturated heterocycles. The van der Waals surface area contributed by atoms with Crippen LogP contribution in [0.3, 0.4) is 0 Å². The van der Waals surface area contributed by atoms with Crippen LogP contribution in [0.2, 0.25) is 0 Å². The van der Waals surface area contributed by atoms with E-state index in [-0.39, 0.29) is 34.9 Å². The Morgan fingerprint density at radius 1 is 1.28 bits per heavy atom. The minimum atomic E-state index is -2.57. The van der Waals surface area contributed by atoms with Crippen LogP contribution in [-0.4, -0.2) is 33.3 Å². The SMILES string of the molecule is [CH]C(C)Nc1nc(NCCC)nc(SC(F)F)n1. The topological polar surface area (TPSA) is 62.7 Å². The van der Waals surface area contributed by atoms with Crippen molar-refractivity contribution in [2.75, 3.05) is 17.2 Å². The van der Waals surface area contributed by atoms with Gasteiger partial charge in [-0.3, -0.25) is 0 Å². The van der Waals surface area contributed by atoms with Crippen molar-refractivity contribution in [1.82, 2.24) is 15.0 Å². The van der Waals surface area contributed by atoms with Crippen molar-refractivity contribution in [3.8, 4) is 0 Å². The van der Waals surface area contributed by atoms with Crippen LogP contribution in [0.5, 0.6) is 0 Å². The summed E-state index contributed by atoms with van der Waals surface area (Å²) in [4.78, 5) is 11.8. The van der Waals surface area contributed by atoms with E-state index in [2.05, 4.69) is 25.6 Å². The van der Waals surface area contributed by atoms with Crippen molar-refractivity contribution in [3.63, 3.8) is 0 Å². The molecule has 2 N–H and O–H groups in total. The van der Waals surface area contributed by atoms with Crippen LogP contribution < -0.4 is 10.6 Å². The molecule has 0 spiro atoms. The summed E-state index contributed by atoms with van der Waals surface area (Å²) in [5, 5.41) is 5.63. The zero-order valence-electron chi connectivity index (χ0n) is 10.2. The molecule has 0 amide bonds. The summed E-state index contributed by atoms with van der Waals surface area (Å²) in [6.07, 6.45) is 0.874. The van der Waals surface area contributed by atoms with Gasteiger partial charge in [0, 0.05) is 12.6 Å². The highest BCUT2D eigenvalue weighted by atomic mass is 32.2. The normalized spacial score (nSPS) is 11.1. The summed E-state index contributed by atoms with van der Waals surface area (Å²) in [6.45, 7) is 9.87. The Bertz CT molecular complexity index is 347. The zero-order valence-corrected chi connectivity index (χ0v) is 11.0. The van der Waals surface area contributed by atoms with Crippen LogP contribution in [0, 0.1) is 6.92 Å². The molecule has 1 atom stereocenters. The molecule has 1 rings (SSSR count). The van der Waals surface area contributed by atoms with Crippen molar-refractivity contribution in [1.29, 1.82) is 0 Å². The molecule has 0 aliphatic heterocycles. The molecular weight excluding hydrogens is 260 g/mol. The van der Waals surface area contributed by atoms with Gasteiger partial charge in [-0.2, -0.15) is 23.7 Å². The number of rotatable bonds is 7. The first-order chi connectivity index (χ1) is 8.51. The molecule has 18 heavy (non-hydrogen) atoms. The fourth-order valence-corrected chi connectivity index (χ4v) is 1.51. The second kappa shape index (κ2) is 7.30. The largest absolute Gasteiger partial charge is 0.354 e. The molecule has 0 aliphatic carbocycles. The van der Waals surface area contributed by atoms with Crippen molar-refractivity contribution >= 4 is 23.7 Å². The molecule has 100 valence electrons. The molecule has 0 aromatic carbocycles. The maximum atomic E-state index is 12.3. The summed E-state index contributed by atoms with van der Waals surface area (Å²) < 4.78 is 24.6. The van der Waals surface area contributed by atoms with E-state index < -0.39 is 5.76 Å². The quantitative estimate of drug-likeness (QED) is 0.746. The highest BCUT2D eigenvalue weighted by Crippen LogP contribution is 2.23. The van der Waals surface area contributed by atoms with Gasteiger partial charge in [-0.05, 0) is 32.0 Å². The van der Waals surface area contributed by atoms with Gasteiger partial charge in [0.05, 0.1) is 0 Å². The first-order valence-electron chi connectivity index (χ1n) is 5.48. The van der Waals surface area contributed by atoms with E-state index >= 15 is 0 Å². The van der Waals surface area contributed by atoms with Crippen molar-refractivity contribution in [3.05, 3.63) is 6.92 Å². The van der Waals surface area contributed by atoms with Gasteiger partial charge < -0.3 is 10.6 Å². The lowest BCUT2D eigenvalue weighted by Gasteiger charge is -2.11. The predicted octanol–water partition coefficient (Wildman–Crippen LogP) is 2.52. The first kappa shape index (κ1) is 14.9. The van der Waals surface area contributed by atoms with E-state index in [1.165, 1.54) is 0 Å². The summed E-state index contributed by atoms with van der Waals surface area (Å²) >= 11 is 0.271. The molecule has 0 bridgehead atoms. The molecule has 1 aromatic rings. The third kappa shape index (κ3) is 5.44. The molecule has 0 saturated carbocycles. The smallest absolute Gasteiger partial charge is 0.291 e. The summed E-state index contributed by atoms with van der Waals surface area (Å²) in [7, 11) is 0. The average Bonchev–Trinajstić information content (AvgIpc) is 2.24. The second-order valence-corrected chi connectivity index (χ2v) is 4.46. The Hall–Kier alpha value is -1.18. The lowest BCUT2D eigenvalue weighted by atomic mass is 10.4. The number of thioether (sulfide) groups is 1. The molecule has 5 nitrogen and oxygen atoms in total. The summed E-state index contributed by atoms with van der Waals surface area (Å²) in [6, 6.07) is -0.379. The monoisotopic (exact) mass is 275 g/mol. The van der Waals surface area contributed by atoms with E-state index in [1.54, 1.807) is 6.92 Å². The molecule has 0 aliphatic rings. The van der Waals surface area contributed by atoms with Gasteiger partial charge >= 0.3 is 0 Å². The zero-order chi connectivity index (χ0) is 13.5. The number of nitrogens with zero attached hydrogens (tertiary/aromatic N) is 3. The molecular formula is C10H15F2N5S. The maximum absolute atomic E-state index is 12.3. The number of anilines is 2. The number of aromatic nitrogens is 3. The molecule has 1 aromatic heterocycles. The Kier molecular flexibility index (Phi) is 6.03. The van der Waals surface area contributed by atoms with Gasteiger partial charge in [0.2, 0.25) is 11.9 Å². The Balaban J connectivity index is 2.88. The first-order valence-corrected chi connectivity index (χ1v) is 6.36. The van der Waals surface area contributed by atoms with Gasteiger partial charge in [0.1, 0.15) is 0 Å². The minimum absolute atomic E-state index is 0.0400. The van der Waals surface area contributed by atoms with E-state index in [1.807, 2.05) is 6.92 Å². The van der Waals surface area contributed by atoms with Crippen molar-refractivity contribution < 1.29 is 8.78 Å². The van der Waals surface area contributed by atoms with E-state index in [4.69, 9.17) is 6.92 Å². The lowest BCUT2D eigenvalue weighted by molar-refractivity contribution is 0.251. The van der Waals surface area contributed by atoms with Crippen LogP contribution in [-0.2, 0) is 0 Å². The van der Waals surface area contributed by atoms with E-state index in [0.29, 0.717) is 6.54 Å². The Morgan fingerprint density at radius 3 is 2.50 bits per heavy atom. The molecule has 8 heteroatoms. The number of hydrogen-bond acceptors (Lipinski definition) is 6. The van der Waals surface area contributed by atoms with E-state index in [9.17, 15) is 8.78 Å². The Morgan fingerprint density at radius 2 is 1.94 bits per heavy atom. The number of alkyl halides is 2. The number of nitrogens with one attached hydrogen (secondary N) is 2. The minimum Gasteiger partial charge on any atom is -0.354 e. The third-order valence-corrected chi connectivity index (χ3v) is 2.27. The van der Waals surface area contributed by atoms with E-state index in [0.717, 1.165) is 6.42 Å². The van der Waals surface area contributed by atoms with Crippen LogP contribution >= 0.6 is 11.8 Å². The summed E-state index contributed by atoms with van der Waals surface area (Å²) in [5.74, 6) is -2.13. The van der Waals surface area contributed by atoms with Crippen LogP contribution in [0.4, 0.5) is 20.7 Å². The molecule has 1 unspecified atom stereocenters. The second-order valence-electron chi connectivity index (χ2n) is 3.50. The Labute approximate surface area is 109 Å². The van der Waals surface area contributed by atoms with Gasteiger partial charge in [0.25, 0.3) is 5.76 Å². The van der Waals surface area contributed by atoms with Crippen LogP contribution in [0.25, 0.3) is 0 Å². The fraction of sp³-hybridized carbons (Fsp3) is 0.600. The molecule has 0 fully saturated rings. The van der Waals surface area contributed by atoms with Gasteiger partial charge in [0.15, 0.2) is 5.16 Å². The summed E-state index contributed by atoms with van der Waals surface area (Å²) in [5.41, 5.74) is 0. The lowest BCUT2D eigenvalue weighted by Crippen LogP contribution is -2.15.